The van der Waals surface area contributed by atoms with Crippen molar-refractivity contribution >= 4 is 46.2 Å². The third kappa shape index (κ3) is 4.02. The number of nitriles is 1. The molecule has 1 heterocycles. The van der Waals surface area contributed by atoms with E-state index >= 15 is 0 Å². The molecule has 3 rings (SSSR count). The summed E-state index contributed by atoms with van der Waals surface area (Å²) in [4.78, 5) is 4.57. The lowest BCUT2D eigenvalue weighted by molar-refractivity contribution is 0.415. The first-order chi connectivity index (χ1) is 12.1. The molecule has 0 fully saturated rings. The molecule has 0 radical (unpaired) electrons. The van der Waals surface area contributed by atoms with Crippen molar-refractivity contribution in [3.05, 3.63) is 68.5 Å². The van der Waals surface area contributed by atoms with Crippen molar-refractivity contribution in [3.63, 3.8) is 0 Å². The van der Waals surface area contributed by atoms with Crippen molar-refractivity contribution in [2.24, 2.45) is 0 Å². The van der Waals surface area contributed by atoms with Gasteiger partial charge in [-0.05, 0) is 35.9 Å². The van der Waals surface area contributed by atoms with Crippen LogP contribution >= 0.6 is 34.5 Å². The number of thiazole rings is 1. The average Bonchev–Trinajstić information content (AvgIpc) is 3.11. The van der Waals surface area contributed by atoms with Crippen LogP contribution in [0.25, 0.3) is 22.9 Å². The molecule has 0 bridgehead atoms. The number of hydrogen-bond donors (Lipinski definition) is 0. The van der Waals surface area contributed by atoms with E-state index in [-0.39, 0.29) is 0 Å². The van der Waals surface area contributed by atoms with Crippen molar-refractivity contribution in [1.29, 1.82) is 5.26 Å². The molecule has 0 aliphatic heterocycles. The molecule has 0 saturated carbocycles. The van der Waals surface area contributed by atoms with Gasteiger partial charge < -0.3 is 4.74 Å². The zero-order valence-corrected chi connectivity index (χ0v) is 15.5. The Morgan fingerprint density at radius 3 is 2.80 bits per heavy atom. The van der Waals surface area contributed by atoms with Crippen molar-refractivity contribution in [1.82, 2.24) is 4.98 Å². The van der Waals surface area contributed by atoms with Crippen molar-refractivity contribution < 1.29 is 4.74 Å². The maximum atomic E-state index is 9.51. The van der Waals surface area contributed by atoms with E-state index in [0.717, 1.165) is 22.6 Å². The van der Waals surface area contributed by atoms with Crippen LogP contribution in [-0.4, -0.2) is 12.1 Å². The Labute approximate surface area is 159 Å². The van der Waals surface area contributed by atoms with E-state index in [1.54, 1.807) is 31.4 Å². The van der Waals surface area contributed by atoms with Gasteiger partial charge in [0.1, 0.15) is 16.8 Å². The van der Waals surface area contributed by atoms with Gasteiger partial charge in [-0.15, -0.1) is 11.3 Å². The smallest absolute Gasteiger partial charge is 0.134 e. The molecule has 0 aliphatic rings. The Balaban J connectivity index is 1.96. The Bertz CT molecular complexity index is 989. The fourth-order valence-electron chi connectivity index (χ4n) is 2.23. The second kappa shape index (κ2) is 7.71. The van der Waals surface area contributed by atoms with E-state index in [1.807, 2.05) is 29.6 Å². The third-order valence-corrected chi connectivity index (χ3v) is 4.92. The molecule has 0 N–H and O–H groups in total. The molecule has 0 atom stereocenters. The first kappa shape index (κ1) is 17.5. The topological polar surface area (TPSA) is 45.9 Å². The van der Waals surface area contributed by atoms with Crippen LogP contribution in [0.3, 0.4) is 0 Å². The zero-order chi connectivity index (χ0) is 17.8. The number of hydrogen-bond acceptors (Lipinski definition) is 4. The van der Waals surface area contributed by atoms with E-state index in [0.29, 0.717) is 20.6 Å². The minimum Gasteiger partial charge on any atom is -0.497 e. The first-order valence-corrected chi connectivity index (χ1v) is 8.91. The van der Waals surface area contributed by atoms with Crippen LogP contribution < -0.4 is 4.74 Å². The quantitative estimate of drug-likeness (QED) is 0.502. The van der Waals surface area contributed by atoms with Crippen LogP contribution in [0.15, 0.2) is 47.8 Å². The van der Waals surface area contributed by atoms with Crippen LogP contribution in [0, 0.1) is 11.3 Å². The summed E-state index contributed by atoms with van der Waals surface area (Å²) in [5.41, 5.74) is 2.90. The highest BCUT2D eigenvalue weighted by atomic mass is 35.5. The van der Waals surface area contributed by atoms with Gasteiger partial charge in [-0.3, -0.25) is 0 Å². The van der Waals surface area contributed by atoms with E-state index < -0.39 is 0 Å². The highest BCUT2D eigenvalue weighted by molar-refractivity contribution is 7.11. The summed E-state index contributed by atoms with van der Waals surface area (Å²) < 4.78 is 5.24. The second-order valence-electron chi connectivity index (χ2n) is 5.11. The number of rotatable bonds is 4. The molecule has 2 aromatic carbocycles. The molecule has 0 spiro atoms. The van der Waals surface area contributed by atoms with Crippen LogP contribution in [0.4, 0.5) is 0 Å². The molecule has 3 nitrogen and oxygen atoms in total. The predicted octanol–water partition coefficient (Wildman–Crippen LogP) is 6.19. The molecule has 0 amide bonds. The highest BCUT2D eigenvalue weighted by Gasteiger charge is 2.10. The summed E-state index contributed by atoms with van der Waals surface area (Å²) in [6, 6.07) is 15.0. The maximum Gasteiger partial charge on any atom is 0.134 e. The Morgan fingerprint density at radius 2 is 2.08 bits per heavy atom. The number of methoxy groups -OCH3 is 1. The summed E-state index contributed by atoms with van der Waals surface area (Å²) in [6.07, 6.45) is 1.72. The van der Waals surface area contributed by atoms with Gasteiger partial charge >= 0.3 is 0 Å². The fourth-order valence-corrected chi connectivity index (χ4v) is 3.49. The molecule has 1 aromatic heterocycles. The Kier molecular flexibility index (Phi) is 5.40. The lowest BCUT2D eigenvalue weighted by Crippen LogP contribution is -1.85. The van der Waals surface area contributed by atoms with E-state index in [2.05, 4.69) is 11.1 Å². The molecular formula is C19H12Cl2N2OS. The van der Waals surface area contributed by atoms with E-state index in [1.165, 1.54) is 11.3 Å². The van der Waals surface area contributed by atoms with Gasteiger partial charge in [0, 0.05) is 21.0 Å². The lowest BCUT2D eigenvalue weighted by atomic mass is 10.1. The van der Waals surface area contributed by atoms with E-state index in [9.17, 15) is 5.26 Å². The summed E-state index contributed by atoms with van der Waals surface area (Å²) in [7, 11) is 1.62. The highest BCUT2D eigenvalue weighted by Crippen LogP contribution is 2.30. The molecule has 6 heteroatoms. The molecule has 25 heavy (non-hydrogen) atoms. The van der Waals surface area contributed by atoms with Crippen LogP contribution in [0.1, 0.15) is 10.6 Å². The standard InChI is InChI=1S/C19H12Cl2N2OS/c1-24-16-4-2-3-13(8-16)18-11-25-19(23-18)14(10-22)7-12-5-6-15(20)9-17(12)21/h2-9,11H,1H3/b14-7-. The number of nitrogens with zero attached hydrogens (tertiary/aromatic N) is 2. The summed E-state index contributed by atoms with van der Waals surface area (Å²) in [5.74, 6) is 0.760. The third-order valence-electron chi connectivity index (χ3n) is 3.48. The minimum absolute atomic E-state index is 0.448. The largest absolute Gasteiger partial charge is 0.497 e. The molecular weight excluding hydrogens is 375 g/mol. The number of ether oxygens (including phenoxy) is 1. The maximum absolute atomic E-state index is 9.51. The number of halogens is 2. The van der Waals surface area contributed by atoms with Gasteiger partial charge in [-0.1, -0.05) is 41.4 Å². The van der Waals surface area contributed by atoms with Gasteiger partial charge in [0.25, 0.3) is 0 Å². The van der Waals surface area contributed by atoms with E-state index in [4.69, 9.17) is 27.9 Å². The van der Waals surface area contributed by atoms with Crippen LogP contribution in [-0.2, 0) is 0 Å². The summed E-state index contributed by atoms with van der Waals surface area (Å²) in [5, 5.41) is 13.1. The van der Waals surface area contributed by atoms with Crippen LogP contribution in [0.5, 0.6) is 5.75 Å². The Hall–Kier alpha value is -2.32. The summed E-state index contributed by atoms with van der Waals surface area (Å²) in [6.45, 7) is 0. The molecule has 0 aliphatic carbocycles. The average molecular weight is 387 g/mol. The SMILES string of the molecule is COc1cccc(-c2csc(/C(C#N)=C\c3ccc(Cl)cc3Cl)n2)c1. The lowest BCUT2D eigenvalue weighted by Gasteiger charge is -2.02. The van der Waals surface area contributed by atoms with Gasteiger partial charge in [0.05, 0.1) is 18.4 Å². The van der Waals surface area contributed by atoms with Gasteiger partial charge in [0.15, 0.2) is 0 Å². The van der Waals surface area contributed by atoms with Crippen molar-refractivity contribution in [3.8, 4) is 23.1 Å². The first-order valence-electron chi connectivity index (χ1n) is 7.28. The minimum atomic E-state index is 0.448. The number of allylic oxidation sites excluding steroid dienone is 1. The Morgan fingerprint density at radius 1 is 1.24 bits per heavy atom. The fraction of sp³-hybridized carbons (Fsp3) is 0.0526. The van der Waals surface area contributed by atoms with Crippen molar-refractivity contribution in [2.45, 2.75) is 0 Å². The molecule has 124 valence electrons. The number of aromatic nitrogens is 1. The summed E-state index contributed by atoms with van der Waals surface area (Å²) >= 11 is 13.5. The molecule has 0 unspecified atom stereocenters. The predicted molar refractivity (Wildman–Crippen MR) is 104 cm³/mol. The zero-order valence-electron chi connectivity index (χ0n) is 13.2. The van der Waals surface area contributed by atoms with Gasteiger partial charge in [-0.2, -0.15) is 5.26 Å². The van der Waals surface area contributed by atoms with Crippen LogP contribution in [0.2, 0.25) is 10.0 Å². The van der Waals surface area contributed by atoms with Gasteiger partial charge in [-0.25, -0.2) is 4.98 Å². The molecule has 3 aromatic rings. The molecule has 0 saturated heterocycles. The van der Waals surface area contributed by atoms with Gasteiger partial charge in [0.2, 0.25) is 0 Å². The monoisotopic (exact) mass is 386 g/mol. The normalized spacial score (nSPS) is 11.2. The second-order valence-corrected chi connectivity index (χ2v) is 6.81. The van der Waals surface area contributed by atoms with Crippen molar-refractivity contribution in [2.75, 3.05) is 7.11 Å². The number of benzene rings is 2.